The molecule has 0 aromatic rings. The van der Waals surface area contributed by atoms with Crippen LogP contribution in [0, 0.1) is 17.3 Å². The molecule has 0 aromatic carbocycles. The lowest BCUT2D eigenvalue weighted by Crippen LogP contribution is -2.53. The summed E-state index contributed by atoms with van der Waals surface area (Å²) in [6, 6.07) is -0.156. The third-order valence-corrected chi connectivity index (χ3v) is 5.08. The normalized spacial score (nSPS) is 30.6. The Morgan fingerprint density at radius 2 is 2.00 bits per heavy atom. The highest BCUT2D eigenvalue weighted by atomic mass is 16.4. The number of carboxylic acids is 1. The van der Waals surface area contributed by atoms with Gasteiger partial charge in [0, 0.05) is 18.0 Å². The lowest BCUT2D eigenvalue weighted by molar-refractivity contribution is -0.138. The Hall–Kier alpha value is -1.10. The fraction of sp³-hybridized carbons (Fsp3) is 0.867. The molecule has 4 N–H and O–H groups in total. The first-order valence-electron chi connectivity index (χ1n) is 7.47. The molecule has 5 nitrogen and oxygen atoms in total. The Balaban J connectivity index is 2.73. The van der Waals surface area contributed by atoms with Gasteiger partial charge in [-0.1, -0.05) is 27.7 Å². The smallest absolute Gasteiger partial charge is 0.305 e. The van der Waals surface area contributed by atoms with Crippen LogP contribution < -0.4 is 11.1 Å². The summed E-state index contributed by atoms with van der Waals surface area (Å²) in [6.45, 7) is 8.15. The number of rotatable bonds is 5. The monoisotopic (exact) mass is 284 g/mol. The van der Waals surface area contributed by atoms with Gasteiger partial charge in [-0.3, -0.25) is 9.59 Å². The molecular weight excluding hydrogens is 256 g/mol. The first kappa shape index (κ1) is 17.0. The average molecular weight is 284 g/mol. The number of amides is 1. The minimum atomic E-state index is -0.879. The van der Waals surface area contributed by atoms with Crippen molar-refractivity contribution in [2.75, 3.05) is 0 Å². The first-order valence-corrected chi connectivity index (χ1v) is 7.47. The van der Waals surface area contributed by atoms with Crippen molar-refractivity contribution >= 4 is 11.9 Å². The number of nitrogens with one attached hydrogen (secondary N) is 1. The van der Waals surface area contributed by atoms with Gasteiger partial charge in [-0.2, -0.15) is 0 Å². The molecule has 0 bridgehead atoms. The second-order valence-corrected chi connectivity index (χ2v) is 6.62. The van der Waals surface area contributed by atoms with Gasteiger partial charge in [0.2, 0.25) is 5.91 Å². The van der Waals surface area contributed by atoms with E-state index in [0.29, 0.717) is 6.42 Å². The van der Waals surface area contributed by atoms with Gasteiger partial charge in [0.05, 0.1) is 6.42 Å². The van der Waals surface area contributed by atoms with Gasteiger partial charge < -0.3 is 16.2 Å². The number of hydrogen-bond donors (Lipinski definition) is 3. The third kappa shape index (κ3) is 3.72. The standard InChI is InChI=1S/C15H28N2O3/c1-5-10(8-13(18)19)17-14(20)11-6-7-12(16)9(2)15(11,3)4/h9-12H,5-8,16H2,1-4H3,(H,17,20)(H,18,19). The van der Waals surface area contributed by atoms with Crippen LogP contribution in [0.1, 0.15) is 53.4 Å². The summed E-state index contributed by atoms with van der Waals surface area (Å²) in [7, 11) is 0. The van der Waals surface area contributed by atoms with Gasteiger partial charge in [-0.05, 0) is 30.6 Å². The van der Waals surface area contributed by atoms with E-state index in [1.807, 2.05) is 6.92 Å². The van der Waals surface area contributed by atoms with E-state index in [9.17, 15) is 9.59 Å². The summed E-state index contributed by atoms with van der Waals surface area (Å²) in [6.07, 6.45) is 2.22. The molecule has 0 aliphatic heterocycles. The molecule has 0 saturated heterocycles. The fourth-order valence-corrected chi connectivity index (χ4v) is 3.13. The van der Waals surface area contributed by atoms with E-state index >= 15 is 0 Å². The van der Waals surface area contributed by atoms with Crippen LogP contribution in [0.3, 0.4) is 0 Å². The summed E-state index contributed by atoms with van der Waals surface area (Å²) in [4.78, 5) is 23.3. The average Bonchev–Trinajstić information content (AvgIpc) is 2.34. The largest absolute Gasteiger partial charge is 0.481 e. The highest BCUT2D eigenvalue weighted by Gasteiger charge is 2.45. The van der Waals surface area contributed by atoms with E-state index in [0.717, 1.165) is 12.8 Å². The van der Waals surface area contributed by atoms with Crippen molar-refractivity contribution in [1.82, 2.24) is 5.32 Å². The number of hydrogen-bond acceptors (Lipinski definition) is 3. The van der Waals surface area contributed by atoms with Crippen LogP contribution in [0.4, 0.5) is 0 Å². The number of carbonyl (C=O) groups is 2. The highest BCUT2D eigenvalue weighted by molar-refractivity contribution is 5.80. The molecule has 0 aromatic heterocycles. The molecule has 4 atom stereocenters. The summed E-state index contributed by atoms with van der Waals surface area (Å²) >= 11 is 0. The van der Waals surface area contributed by atoms with E-state index in [2.05, 4.69) is 26.1 Å². The molecule has 0 spiro atoms. The number of carbonyl (C=O) groups excluding carboxylic acids is 1. The van der Waals surface area contributed by atoms with E-state index < -0.39 is 5.97 Å². The van der Waals surface area contributed by atoms with Gasteiger partial charge in [-0.25, -0.2) is 0 Å². The van der Waals surface area contributed by atoms with Crippen LogP contribution in [0.25, 0.3) is 0 Å². The highest BCUT2D eigenvalue weighted by Crippen LogP contribution is 2.44. The van der Waals surface area contributed by atoms with Gasteiger partial charge >= 0.3 is 5.97 Å². The molecule has 1 rings (SSSR count). The number of aliphatic carboxylic acids is 1. The Labute approximate surface area is 121 Å². The van der Waals surface area contributed by atoms with E-state index in [1.54, 1.807) is 0 Å². The topological polar surface area (TPSA) is 92.4 Å². The Morgan fingerprint density at radius 3 is 2.50 bits per heavy atom. The van der Waals surface area contributed by atoms with E-state index in [1.165, 1.54) is 0 Å². The Kier molecular flexibility index (Phi) is 5.57. The summed E-state index contributed by atoms with van der Waals surface area (Å²) in [5.74, 6) is -0.732. The molecule has 0 heterocycles. The minimum Gasteiger partial charge on any atom is -0.481 e. The molecular formula is C15H28N2O3. The van der Waals surface area contributed by atoms with E-state index in [4.69, 9.17) is 10.8 Å². The lowest BCUT2D eigenvalue weighted by atomic mass is 9.61. The van der Waals surface area contributed by atoms with Crippen LogP contribution in [0.15, 0.2) is 0 Å². The van der Waals surface area contributed by atoms with Crippen molar-refractivity contribution in [3.8, 4) is 0 Å². The van der Waals surface area contributed by atoms with E-state index in [-0.39, 0.29) is 41.7 Å². The summed E-state index contributed by atoms with van der Waals surface area (Å²) in [5, 5.41) is 11.7. The van der Waals surface area contributed by atoms with Crippen LogP contribution in [-0.4, -0.2) is 29.1 Å². The second kappa shape index (κ2) is 6.57. The molecule has 5 heteroatoms. The van der Waals surface area contributed by atoms with Crippen LogP contribution in [0.2, 0.25) is 0 Å². The van der Waals surface area contributed by atoms with Crippen LogP contribution >= 0.6 is 0 Å². The Morgan fingerprint density at radius 1 is 1.40 bits per heavy atom. The van der Waals surface area contributed by atoms with Crippen molar-refractivity contribution in [2.24, 2.45) is 23.0 Å². The number of nitrogens with two attached hydrogens (primary N) is 1. The quantitative estimate of drug-likeness (QED) is 0.717. The van der Waals surface area contributed by atoms with Crippen molar-refractivity contribution in [3.63, 3.8) is 0 Å². The molecule has 20 heavy (non-hydrogen) atoms. The zero-order valence-electron chi connectivity index (χ0n) is 13.0. The molecule has 4 unspecified atom stereocenters. The molecule has 116 valence electrons. The zero-order valence-corrected chi connectivity index (χ0v) is 13.0. The maximum atomic E-state index is 12.5. The van der Waals surface area contributed by atoms with Gasteiger partial charge in [0.25, 0.3) is 0 Å². The summed E-state index contributed by atoms with van der Waals surface area (Å²) in [5.41, 5.74) is 5.94. The predicted octanol–water partition coefficient (Wildman–Crippen LogP) is 1.76. The van der Waals surface area contributed by atoms with Crippen molar-refractivity contribution in [3.05, 3.63) is 0 Å². The summed E-state index contributed by atoms with van der Waals surface area (Å²) < 4.78 is 0. The maximum absolute atomic E-state index is 12.5. The second-order valence-electron chi connectivity index (χ2n) is 6.62. The maximum Gasteiger partial charge on any atom is 0.305 e. The SMILES string of the molecule is CCC(CC(=O)O)NC(=O)C1CCC(N)C(C)C1(C)C. The zero-order chi connectivity index (χ0) is 15.5. The molecule has 1 aliphatic rings. The van der Waals surface area contributed by atoms with Crippen LogP contribution in [-0.2, 0) is 9.59 Å². The first-order chi connectivity index (χ1) is 9.20. The Bertz CT molecular complexity index is 368. The predicted molar refractivity (Wildman–Crippen MR) is 78.1 cm³/mol. The lowest BCUT2D eigenvalue weighted by Gasteiger charge is -2.46. The van der Waals surface area contributed by atoms with Gasteiger partial charge in [0.1, 0.15) is 0 Å². The van der Waals surface area contributed by atoms with Crippen molar-refractivity contribution in [1.29, 1.82) is 0 Å². The molecule has 1 aliphatic carbocycles. The molecule has 0 radical (unpaired) electrons. The third-order valence-electron chi connectivity index (χ3n) is 5.08. The number of carboxylic acid groups (broad SMARTS) is 1. The van der Waals surface area contributed by atoms with Crippen molar-refractivity contribution in [2.45, 2.75) is 65.5 Å². The molecule has 1 fully saturated rings. The van der Waals surface area contributed by atoms with Crippen molar-refractivity contribution < 1.29 is 14.7 Å². The fourth-order valence-electron chi connectivity index (χ4n) is 3.13. The van der Waals surface area contributed by atoms with Crippen LogP contribution in [0.5, 0.6) is 0 Å². The minimum absolute atomic E-state index is 0.0234. The molecule has 1 saturated carbocycles. The molecule has 1 amide bonds. The van der Waals surface area contributed by atoms with Gasteiger partial charge in [0.15, 0.2) is 0 Å². The van der Waals surface area contributed by atoms with Gasteiger partial charge in [-0.15, -0.1) is 0 Å².